The van der Waals surface area contributed by atoms with Crippen LogP contribution in [0, 0.1) is 0 Å². The lowest BCUT2D eigenvalue weighted by atomic mass is 10.3. The molecule has 1 N–H and O–H groups in total. The number of ether oxygens (including phenoxy) is 2. The second kappa shape index (κ2) is 8.36. The fourth-order valence-corrected chi connectivity index (χ4v) is 2.03. The largest absolute Gasteiger partial charge is 0.490 e. The van der Waals surface area contributed by atoms with Crippen LogP contribution in [0.4, 0.5) is 5.82 Å². The van der Waals surface area contributed by atoms with Crippen LogP contribution in [-0.2, 0) is 0 Å². The number of anilines is 1. The normalized spacial score (nSPS) is 10.2. The van der Waals surface area contributed by atoms with E-state index in [1.54, 1.807) is 6.07 Å². The van der Waals surface area contributed by atoms with E-state index in [2.05, 4.69) is 15.3 Å². The summed E-state index contributed by atoms with van der Waals surface area (Å²) >= 11 is 1.49. The van der Waals surface area contributed by atoms with Gasteiger partial charge in [-0.05, 0) is 25.3 Å². The van der Waals surface area contributed by atoms with Crippen LogP contribution in [0.2, 0.25) is 0 Å². The predicted octanol–water partition coefficient (Wildman–Crippen LogP) is 3.09. The highest BCUT2D eigenvalue weighted by atomic mass is 32.2. The third-order valence-corrected chi connectivity index (χ3v) is 3.12. The average Bonchev–Trinajstić information content (AvgIpc) is 2.53. The number of aromatic nitrogens is 2. The molecule has 5 nitrogen and oxygen atoms in total. The molecule has 6 heteroatoms. The first-order valence-corrected chi connectivity index (χ1v) is 8.02. The molecular formula is C15H19N3O2S. The van der Waals surface area contributed by atoms with Gasteiger partial charge in [-0.15, -0.1) is 0 Å². The molecule has 0 aliphatic rings. The van der Waals surface area contributed by atoms with Crippen molar-refractivity contribution in [3.63, 3.8) is 0 Å². The molecule has 0 saturated carbocycles. The zero-order valence-corrected chi connectivity index (χ0v) is 13.0. The minimum Gasteiger partial charge on any atom is -0.490 e. The van der Waals surface area contributed by atoms with Crippen molar-refractivity contribution in [1.82, 2.24) is 9.97 Å². The molecule has 1 aromatic heterocycles. The quantitative estimate of drug-likeness (QED) is 0.459. The third-order valence-electron chi connectivity index (χ3n) is 2.57. The predicted molar refractivity (Wildman–Crippen MR) is 85.4 cm³/mol. The lowest BCUT2D eigenvalue weighted by Crippen LogP contribution is -2.10. The maximum Gasteiger partial charge on any atom is 0.219 e. The molecule has 0 bridgehead atoms. The molecule has 0 aliphatic heterocycles. The van der Waals surface area contributed by atoms with Gasteiger partial charge in [0.1, 0.15) is 24.8 Å². The third kappa shape index (κ3) is 5.15. The van der Waals surface area contributed by atoms with Gasteiger partial charge in [0, 0.05) is 12.6 Å². The van der Waals surface area contributed by atoms with Crippen LogP contribution < -0.4 is 14.8 Å². The van der Waals surface area contributed by atoms with Gasteiger partial charge in [0.25, 0.3) is 0 Å². The van der Waals surface area contributed by atoms with Gasteiger partial charge in [0.2, 0.25) is 5.88 Å². The van der Waals surface area contributed by atoms with Crippen LogP contribution in [-0.4, -0.2) is 36.0 Å². The van der Waals surface area contributed by atoms with Gasteiger partial charge in [-0.2, -0.15) is 4.98 Å². The van der Waals surface area contributed by atoms with Gasteiger partial charge in [0.05, 0.1) is 0 Å². The lowest BCUT2D eigenvalue weighted by molar-refractivity contribution is 0.211. The van der Waals surface area contributed by atoms with Crippen molar-refractivity contribution in [2.24, 2.45) is 0 Å². The molecule has 0 spiro atoms. The number of nitrogens with zero attached hydrogens (tertiary/aromatic N) is 2. The molecule has 0 radical (unpaired) electrons. The number of hydrogen-bond donors (Lipinski definition) is 1. The van der Waals surface area contributed by atoms with E-state index in [1.807, 2.05) is 43.5 Å². The minimum absolute atomic E-state index is 0.436. The molecule has 0 unspecified atom stereocenters. The Bertz CT molecular complexity index is 552. The van der Waals surface area contributed by atoms with Crippen LogP contribution in [0.5, 0.6) is 11.6 Å². The van der Waals surface area contributed by atoms with Crippen molar-refractivity contribution in [3.05, 3.63) is 36.4 Å². The van der Waals surface area contributed by atoms with E-state index in [0.717, 1.165) is 18.1 Å². The first-order valence-electron chi connectivity index (χ1n) is 6.79. The second-order valence-electron chi connectivity index (χ2n) is 4.12. The van der Waals surface area contributed by atoms with Crippen molar-refractivity contribution in [2.75, 3.05) is 31.3 Å². The molecular weight excluding hydrogens is 286 g/mol. The minimum atomic E-state index is 0.436. The number of thioether (sulfide) groups is 1. The first-order chi connectivity index (χ1) is 10.3. The van der Waals surface area contributed by atoms with Crippen molar-refractivity contribution in [3.8, 4) is 11.6 Å². The monoisotopic (exact) mass is 305 g/mol. The summed E-state index contributed by atoms with van der Waals surface area (Å²) in [5.41, 5.74) is 0. The Labute approximate surface area is 129 Å². The first kappa shape index (κ1) is 15.4. The van der Waals surface area contributed by atoms with Gasteiger partial charge in [-0.1, -0.05) is 30.0 Å². The van der Waals surface area contributed by atoms with Crippen molar-refractivity contribution in [2.45, 2.75) is 12.1 Å². The Hall–Kier alpha value is -1.95. The molecule has 21 heavy (non-hydrogen) atoms. The molecule has 2 rings (SSSR count). The van der Waals surface area contributed by atoms with E-state index < -0.39 is 0 Å². The van der Waals surface area contributed by atoms with E-state index in [4.69, 9.17) is 9.47 Å². The highest BCUT2D eigenvalue weighted by molar-refractivity contribution is 7.98. The van der Waals surface area contributed by atoms with Crippen LogP contribution in [0.1, 0.15) is 6.92 Å². The zero-order chi connectivity index (χ0) is 14.9. The van der Waals surface area contributed by atoms with E-state index in [-0.39, 0.29) is 0 Å². The summed E-state index contributed by atoms with van der Waals surface area (Å²) in [5.74, 6) is 2.17. The van der Waals surface area contributed by atoms with Crippen molar-refractivity contribution < 1.29 is 9.47 Å². The number of rotatable bonds is 8. The Kier molecular flexibility index (Phi) is 6.15. The van der Waals surface area contributed by atoms with Gasteiger partial charge >= 0.3 is 0 Å². The highest BCUT2D eigenvalue weighted by Gasteiger charge is 2.04. The second-order valence-corrected chi connectivity index (χ2v) is 4.89. The van der Waals surface area contributed by atoms with Gasteiger partial charge in [-0.3, -0.25) is 0 Å². The van der Waals surface area contributed by atoms with Crippen LogP contribution in [0.25, 0.3) is 0 Å². The van der Waals surface area contributed by atoms with E-state index in [1.165, 1.54) is 11.8 Å². The summed E-state index contributed by atoms with van der Waals surface area (Å²) in [4.78, 5) is 8.66. The van der Waals surface area contributed by atoms with Crippen LogP contribution in [0.15, 0.2) is 41.6 Å². The number of hydrogen-bond acceptors (Lipinski definition) is 6. The SMILES string of the molecule is CCNc1cc(OCCOc2ccccc2)nc(SC)n1. The molecule has 0 atom stereocenters. The number of benzene rings is 1. The Balaban J connectivity index is 1.86. The Morgan fingerprint density at radius 3 is 2.57 bits per heavy atom. The molecule has 1 aromatic carbocycles. The number of para-hydroxylation sites is 1. The maximum atomic E-state index is 5.63. The van der Waals surface area contributed by atoms with E-state index in [0.29, 0.717) is 24.3 Å². The van der Waals surface area contributed by atoms with Crippen LogP contribution in [0.3, 0.4) is 0 Å². The molecule has 0 saturated heterocycles. The molecule has 0 amide bonds. The van der Waals surface area contributed by atoms with Crippen LogP contribution >= 0.6 is 11.8 Å². The van der Waals surface area contributed by atoms with Crippen molar-refractivity contribution in [1.29, 1.82) is 0 Å². The molecule has 2 aromatic rings. The fourth-order valence-electron chi connectivity index (χ4n) is 1.66. The summed E-state index contributed by atoms with van der Waals surface area (Å²) in [7, 11) is 0. The average molecular weight is 305 g/mol. The fraction of sp³-hybridized carbons (Fsp3) is 0.333. The summed E-state index contributed by atoms with van der Waals surface area (Å²) in [5, 5.41) is 3.85. The van der Waals surface area contributed by atoms with Crippen molar-refractivity contribution >= 4 is 17.6 Å². The Morgan fingerprint density at radius 2 is 1.86 bits per heavy atom. The summed E-state index contributed by atoms with van der Waals surface area (Å²) < 4.78 is 11.2. The molecule has 112 valence electrons. The van der Waals surface area contributed by atoms with E-state index >= 15 is 0 Å². The topological polar surface area (TPSA) is 56.3 Å². The Morgan fingerprint density at radius 1 is 1.10 bits per heavy atom. The zero-order valence-electron chi connectivity index (χ0n) is 12.2. The lowest BCUT2D eigenvalue weighted by Gasteiger charge is -2.10. The van der Waals surface area contributed by atoms with Gasteiger partial charge < -0.3 is 14.8 Å². The van der Waals surface area contributed by atoms with Gasteiger partial charge in [0.15, 0.2) is 5.16 Å². The standard InChI is InChI=1S/C15H19N3O2S/c1-3-16-13-11-14(18-15(17-13)21-2)20-10-9-19-12-7-5-4-6-8-12/h4-8,11H,3,9-10H2,1-2H3,(H,16,17,18). The smallest absolute Gasteiger partial charge is 0.219 e. The number of nitrogens with one attached hydrogen (secondary N) is 1. The van der Waals surface area contributed by atoms with E-state index in [9.17, 15) is 0 Å². The summed E-state index contributed by atoms with van der Waals surface area (Å²) in [6, 6.07) is 11.5. The molecule has 0 aliphatic carbocycles. The molecule has 1 heterocycles. The van der Waals surface area contributed by atoms with Gasteiger partial charge in [-0.25, -0.2) is 4.98 Å². The molecule has 0 fully saturated rings. The highest BCUT2D eigenvalue weighted by Crippen LogP contribution is 2.18. The summed E-state index contributed by atoms with van der Waals surface area (Å²) in [6.45, 7) is 3.74. The maximum absolute atomic E-state index is 5.63. The summed E-state index contributed by atoms with van der Waals surface area (Å²) in [6.07, 6.45) is 1.94.